The third-order valence-corrected chi connectivity index (χ3v) is 4.75. The Morgan fingerprint density at radius 3 is 2.00 bits per heavy atom. The van der Waals surface area contributed by atoms with Crippen LogP contribution < -0.4 is 51.4 Å². The van der Waals surface area contributed by atoms with Crippen LogP contribution in [0, 0.1) is 38.0 Å². The maximum absolute atomic E-state index is 4.19. The molecule has 116 valence electrons. The maximum atomic E-state index is 4.19. The van der Waals surface area contributed by atoms with E-state index in [9.17, 15) is 0 Å². The van der Waals surface area contributed by atoms with Crippen LogP contribution in [0.25, 0.3) is 0 Å². The molecule has 1 rings (SSSR count). The molecule has 0 spiro atoms. The summed E-state index contributed by atoms with van der Waals surface area (Å²) in [4.78, 5) is 0. The maximum Gasteiger partial charge on any atom is 1.00 e. The van der Waals surface area contributed by atoms with Gasteiger partial charge in [-0.3, -0.25) is 0 Å². The minimum absolute atomic E-state index is 0. The minimum Gasteiger partial charge on any atom is -0.358 e. The fourth-order valence-corrected chi connectivity index (χ4v) is 3.29. The zero-order valence-electron chi connectivity index (χ0n) is 15.1. The predicted octanol–water partition coefficient (Wildman–Crippen LogP) is 3.71. The zero-order chi connectivity index (χ0) is 13.4. The molecule has 0 bridgehead atoms. The van der Waals surface area contributed by atoms with Crippen molar-refractivity contribution in [2.75, 3.05) is 0 Å². The fourth-order valence-electron chi connectivity index (χ4n) is 3.29. The molecule has 1 aliphatic rings. The molecule has 20 heavy (non-hydrogen) atoms. The molecule has 0 nitrogen and oxygen atoms in total. The summed E-state index contributed by atoms with van der Waals surface area (Å²) in [6.07, 6.45) is 14.4. The van der Waals surface area contributed by atoms with E-state index in [1.807, 2.05) is 0 Å². The summed E-state index contributed by atoms with van der Waals surface area (Å²) in [7, 11) is 0. The second-order valence-electron chi connectivity index (χ2n) is 7.25. The van der Waals surface area contributed by atoms with Crippen molar-refractivity contribution in [2.24, 2.45) is 23.7 Å². The Hall–Kier alpha value is 1.64. The first-order valence-electron chi connectivity index (χ1n) is 8.41. The molecule has 1 heteroatoms. The average Bonchev–Trinajstić information content (AvgIpc) is 2.31. The molecule has 0 radical (unpaired) electrons. The van der Waals surface area contributed by atoms with Crippen LogP contribution in [-0.2, 0) is 0 Å². The van der Waals surface area contributed by atoms with Gasteiger partial charge in [-0.15, -0.1) is 0 Å². The van der Waals surface area contributed by atoms with Gasteiger partial charge in [0.05, 0.1) is 0 Å². The van der Waals surface area contributed by atoms with Crippen LogP contribution in [0.2, 0.25) is 0 Å². The number of rotatable bonds is 8. The van der Waals surface area contributed by atoms with Gasteiger partial charge in [-0.05, 0) is 17.8 Å². The summed E-state index contributed by atoms with van der Waals surface area (Å²) in [6, 6.07) is 0. The van der Waals surface area contributed by atoms with Gasteiger partial charge in [0.1, 0.15) is 0 Å². The molecule has 1 atom stereocenters. The normalized spacial score (nSPS) is 23.9. The van der Waals surface area contributed by atoms with E-state index in [0.717, 1.165) is 23.7 Å². The van der Waals surface area contributed by atoms with Gasteiger partial charge in [-0.2, -0.15) is 5.92 Å². The van der Waals surface area contributed by atoms with Crippen molar-refractivity contribution in [3.8, 4) is 0 Å². The van der Waals surface area contributed by atoms with Crippen molar-refractivity contribution in [2.45, 2.75) is 85.0 Å². The molecule has 0 aromatic rings. The molecular weight excluding hydrogens is 267 g/mol. The van der Waals surface area contributed by atoms with Crippen molar-refractivity contribution in [1.82, 2.24) is 0 Å². The van der Waals surface area contributed by atoms with Gasteiger partial charge in [0, 0.05) is 0 Å². The van der Waals surface area contributed by atoms with E-state index in [4.69, 9.17) is 0 Å². The van der Waals surface area contributed by atoms with E-state index >= 15 is 0 Å². The Morgan fingerprint density at radius 2 is 1.45 bits per heavy atom. The first-order chi connectivity index (χ1) is 8.58. The predicted molar refractivity (Wildman–Crippen MR) is 88.9 cm³/mol. The number of hydrogen-bond acceptors (Lipinski definition) is 0. The topological polar surface area (TPSA) is 0 Å². The molecule has 0 aromatic heterocycles. The van der Waals surface area contributed by atoms with Crippen molar-refractivity contribution in [3.63, 3.8) is 0 Å². The van der Waals surface area contributed by atoms with E-state index in [1.54, 1.807) is 0 Å². The molecule has 1 saturated carbocycles. The Morgan fingerprint density at radius 1 is 0.900 bits per heavy atom. The molecule has 0 N–H and O–H groups in total. The van der Waals surface area contributed by atoms with Crippen molar-refractivity contribution < 1.29 is 51.4 Å². The zero-order valence-corrected chi connectivity index (χ0v) is 18.2. The van der Waals surface area contributed by atoms with E-state index in [0.29, 0.717) is 0 Å². The molecular formula is C19H38K-. The van der Waals surface area contributed by atoms with Gasteiger partial charge >= 0.3 is 51.4 Å². The van der Waals surface area contributed by atoms with Crippen LogP contribution in [0.4, 0.5) is 0 Å². The third-order valence-electron chi connectivity index (χ3n) is 4.75. The van der Waals surface area contributed by atoms with Gasteiger partial charge in [-0.25, -0.2) is 0 Å². The van der Waals surface area contributed by atoms with Gasteiger partial charge in [-0.1, -0.05) is 85.0 Å². The van der Waals surface area contributed by atoms with Crippen LogP contribution >= 0.6 is 0 Å². The molecule has 1 aliphatic carbocycles. The Balaban J connectivity index is 0. The number of hydrogen-bond donors (Lipinski definition) is 0. The molecule has 0 saturated heterocycles. The van der Waals surface area contributed by atoms with Crippen molar-refractivity contribution in [3.05, 3.63) is 14.4 Å². The van der Waals surface area contributed by atoms with Gasteiger partial charge in [0.2, 0.25) is 0 Å². The summed E-state index contributed by atoms with van der Waals surface area (Å²) < 4.78 is 0. The smallest absolute Gasteiger partial charge is 0.358 e. The quantitative estimate of drug-likeness (QED) is 0.474. The molecule has 1 unspecified atom stereocenters. The summed E-state index contributed by atoms with van der Waals surface area (Å²) in [5.74, 6) is 3.63. The standard InChI is InChI=1S/C18H35.CH3.K/c1-15(2)7-5-8-16(3)9-6-10-18-13-11-17(4)12-14-18;;/h15-18H,4-14H2,1-3H3;1H3;/q2*-1;+1. The van der Waals surface area contributed by atoms with Crippen LogP contribution in [0.3, 0.4) is 0 Å². The van der Waals surface area contributed by atoms with E-state index in [-0.39, 0.29) is 58.8 Å². The van der Waals surface area contributed by atoms with Crippen molar-refractivity contribution in [1.29, 1.82) is 0 Å². The van der Waals surface area contributed by atoms with Gasteiger partial charge in [0.25, 0.3) is 0 Å². The molecule has 0 aliphatic heterocycles. The Labute approximate surface area is 172 Å². The molecule has 0 aromatic carbocycles. The molecule has 0 amide bonds. The third kappa shape index (κ3) is 12.2. The fraction of sp³-hybridized carbons (Fsp3) is 0.895. The van der Waals surface area contributed by atoms with Crippen molar-refractivity contribution >= 4 is 0 Å². The Kier molecular flexibility index (Phi) is 17.0. The Bertz CT molecular complexity index is 192. The second kappa shape index (κ2) is 14.2. The first kappa shape index (κ1) is 23.9. The molecule has 1 fully saturated rings. The SMILES string of the molecule is [CH2-]C1CCC(CCCC(C)CCCC(C)C)CC1.[CH3-].[K+]. The summed E-state index contributed by atoms with van der Waals surface area (Å²) in [5, 5.41) is 0. The summed E-state index contributed by atoms with van der Waals surface area (Å²) >= 11 is 0. The van der Waals surface area contributed by atoms with Crippen LogP contribution in [-0.4, -0.2) is 0 Å². The van der Waals surface area contributed by atoms with E-state index < -0.39 is 0 Å². The largest absolute Gasteiger partial charge is 1.00 e. The van der Waals surface area contributed by atoms with E-state index in [2.05, 4.69) is 27.7 Å². The summed E-state index contributed by atoms with van der Waals surface area (Å²) in [6.45, 7) is 11.3. The average molecular weight is 306 g/mol. The summed E-state index contributed by atoms with van der Waals surface area (Å²) in [5.41, 5.74) is 0. The monoisotopic (exact) mass is 305 g/mol. The second-order valence-corrected chi connectivity index (χ2v) is 7.25. The van der Waals surface area contributed by atoms with Gasteiger partial charge in [0.15, 0.2) is 0 Å². The van der Waals surface area contributed by atoms with E-state index in [1.165, 1.54) is 64.2 Å². The van der Waals surface area contributed by atoms with Crippen LogP contribution in [0.15, 0.2) is 0 Å². The van der Waals surface area contributed by atoms with Crippen LogP contribution in [0.1, 0.15) is 85.0 Å². The van der Waals surface area contributed by atoms with Gasteiger partial charge < -0.3 is 14.4 Å². The first-order valence-corrected chi connectivity index (χ1v) is 8.41. The molecule has 0 heterocycles. The minimum atomic E-state index is 0. The van der Waals surface area contributed by atoms with Crippen LogP contribution in [0.5, 0.6) is 0 Å².